The van der Waals surface area contributed by atoms with Crippen LogP contribution in [0.15, 0.2) is 54.6 Å². The number of nitrogens with zero attached hydrogens (tertiary/aromatic N) is 1. The monoisotopic (exact) mass is 399 g/mol. The lowest BCUT2D eigenvalue weighted by atomic mass is 10.2. The number of rotatable bonds is 6. The summed E-state index contributed by atoms with van der Waals surface area (Å²) in [5.41, 5.74) is 1.44. The van der Waals surface area contributed by atoms with Crippen molar-refractivity contribution in [3.63, 3.8) is 0 Å². The maximum Gasteiger partial charge on any atom is 0.338 e. The number of carbonyl (C=O) groups is 2. The smallest absolute Gasteiger partial charge is 0.338 e. The summed E-state index contributed by atoms with van der Waals surface area (Å²) in [5.74, 6) is -0.914. The van der Waals surface area contributed by atoms with Crippen molar-refractivity contribution in [1.82, 2.24) is 5.32 Å². The van der Waals surface area contributed by atoms with Crippen LogP contribution in [-0.4, -0.2) is 28.5 Å². The third kappa shape index (κ3) is 6.29. The molecule has 0 radical (unpaired) electrons. The fraction of sp³-hybridized carbons (Fsp3) is 0.105. The van der Waals surface area contributed by atoms with E-state index in [2.05, 4.69) is 10.6 Å². The summed E-state index contributed by atoms with van der Waals surface area (Å²) < 4.78 is 4.90. The number of benzene rings is 2. The Morgan fingerprint density at radius 2 is 1.93 bits per heavy atom. The highest BCUT2D eigenvalue weighted by molar-refractivity contribution is 7.80. The Hall–Kier alpha value is -3.59. The Kier molecular flexibility index (Phi) is 7.35. The molecule has 2 N–H and O–H groups in total. The number of anilines is 1. The molecule has 0 aromatic heterocycles. The molecule has 0 saturated carbocycles. The van der Waals surface area contributed by atoms with Gasteiger partial charge in [0, 0.05) is 23.9 Å². The molecule has 0 aliphatic heterocycles. The molecule has 0 saturated heterocycles. The highest BCUT2D eigenvalue weighted by Crippen LogP contribution is 2.14. The summed E-state index contributed by atoms with van der Waals surface area (Å²) in [6.45, 7) is 2.02. The molecule has 0 fully saturated rings. The second-order valence-corrected chi connectivity index (χ2v) is 5.83. The summed E-state index contributed by atoms with van der Waals surface area (Å²) >= 11 is 5.07. The Morgan fingerprint density at radius 3 is 2.57 bits per heavy atom. The van der Waals surface area contributed by atoms with Crippen LogP contribution in [0.25, 0.3) is 6.08 Å². The lowest BCUT2D eigenvalue weighted by molar-refractivity contribution is -0.384. The van der Waals surface area contributed by atoms with Gasteiger partial charge in [-0.1, -0.05) is 12.1 Å². The highest BCUT2D eigenvalue weighted by Gasteiger charge is 2.07. The molecule has 2 rings (SSSR count). The van der Waals surface area contributed by atoms with Crippen molar-refractivity contribution in [2.24, 2.45) is 0 Å². The number of nitro groups is 1. The average molecular weight is 399 g/mol. The van der Waals surface area contributed by atoms with Crippen LogP contribution in [0.4, 0.5) is 11.4 Å². The molecule has 0 spiro atoms. The van der Waals surface area contributed by atoms with Crippen molar-refractivity contribution < 1.29 is 19.2 Å². The fourth-order valence-electron chi connectivity index (χ4n) is 2.13. The minimum absolute atomic E-state index is 0.0639. The van der Waals surface area contributed by atoms with Gasteiger partial charge in [-0.3, -0.25) is 20.2 Å². The normalized spacial score (nSPS) is 10.3. The van der Waals surface area contributed by atoms with Gasteiger partial charge in [0.1, 0.15) is 0 Å². The summed E-state index contributed by atoms with van der Waals surface area (Å²) in [6, 6.07) is 12.3. The van der Waals surface area contributed by atoms with Gasteiger partial charge in [-0.25, -0.2) is 4.79 Å². The van der Waals surface area contributed by atoms with Crippen LogP contribution in [0.1, 0.15) is 22.8 Å². The maximum absolute atomic E-state index is 11.9. The lowest BCUT2D eigenvalue weighted by Gasteiger charge is -2.09. The van der Waals surface area contributed by atoms with E-state index in [1.165, 1.54) is 30.4 Å². The third-order valence-corrected chi connectivity index (χ3v) is 3.60. The highest BCUT2D eigenvalue weighted by atomic mass is 32.1. The molecule has 0 atom stereocenters. The van der Waals surface area contributed by atoms with E-state index in [1.54, 1.807) is 37.3 Å². The van der Waals surface area contributed by atoms with E-state index >= 15 is 0 Å². The van der Waals surface area contributed by atoms with Crippen LogP contribution in [-0.2, 0) is 9.53 Å². The van der Waals surface area contributed by atoms with Crippen molar-refractivity contribution >= 4 is 46.7 Å². The van der Waals surface area contributed by atoms with Gasteiger partial charge in [-0.2, -0.15) is 0 Å². The zero-order valence-corrected chi connectivity index (χ0v) is 15.7. The van der Waals surface area contributed by atoms with Gasteiger partial charge >= 0.3 is 5.97 Å². The predicted molar refractivity (Wildman–Crippen MR) is 109 cm³/mol. The van der Waals surface area contributed by atoms with Crippen molar-refractivity contribution in [3.05, 3.63) is 75.8 Å². The minimum atomic E-state index is -0.510. The first-order chi connectivity index (χ1) is 13.4. The Balaban J connectivity index is 1.90. The lowest BCUT2D eigenvalue weighted by Crippen LogP contribution is -2.32. The predicted octanol–water partition coefficient (Wildman–Crippen LogP) is 3.30. The number of esters is 1. The quantitative estimate of drug-likeness (QED) is 0.252. The van der Waals surface area contributed by atoms with Crippen LogP contribution >= 0.6 is 12.2 Å². The standard InChI is InChI=1S/C19H17N3O5S/c1-2-27-18(24)14-7-9-15(10-8-14)20-19(28)21-17(23)11-6-13-4-3-5-16(12-13)22(25)26/h3-12H,2H2,1H3,(H2,20,21,23,28)/b11-6+. The van der Waals surface area contributed by atoms with Crippen molar-refractivity contribution in [1.29, 1.82) is 0 Å². The summed E-state index contributed by atoms with van der Waals surface area (Å²) in [5, 5.41) is 16.1. The van der Waals surface area contributed by atoms with E-state index in [1.807, 2.05) is 0 Å². The van der Waals surface area contributed by atoms with Crippen LogP contribution in [0, 0.1) is 10.1 Å². The molecule has 9 heteroatoms. The average Bonchev–Trinajstić information content (AvgIpc) is 2.67. The SMILES string of the molecule is CCOC(=O)c1ccc(NC(=S)NC(=O)/C=C/c2cccc([N+](=O)[O-])c2)cc1. The topological polar surface area (TPSA) is 111 Å². The zero-order valence-electron chi connectivity index (χ0n) is 14.9. The molecule has 144 valence electrons. The first kappa shape index (κ1) is 20.7. The Labute approximate surface area is 166 Å². The van der Waals surface area contributed by atoms with Crippen LogP contribution in [0.3, 0.4) is 0 Å². The second-order valence-electron chi connectivity index (χ2n) is 5.43. The van der Waals surface area contributed by atoms with E-state index < -0.39 is 16.8 Å². The number of non-ortho nitro benzene ring substituents is 1. The van der Waals surface area contributed by atoms with Gasteiger partial charge in [-0.05, 0) is 55.0 Å². The fourth-order valence-corrected chi connectivity index (χ4v) is 2.35. The number of nitrogens with one attached hydrogen (secondary N) is 2. The number of ether oxygens (including phenoxy) is 1. The second kappa shape index (κ2) is 9.93. The van der Waals surface area contributed by atoms with E-state index in [0.29, 0.717) is 23.4 Å². The molecule has 0 aliphatic carbocycles. The van der Waals surface area contributed by atoms with Crippen LogP contribution in [0.2, 0.25) is 0 Å². The van der Waals surface area contributed by atoms with Gasteiger partial charge < -0.3 is 10.1 Å². The van der Waals surface area contributed by atoms with E-state index in [4.69, 9.17) is 17.0 Å². The molecular formula is C19H17N3O5S. The van der Waals surface area contributed by atoms with E-state index in [0.717, 1.165) is 0 Å². The summed E-state index contributed by atoms with van der Waals surface area (Å²) in [6.07, 6.45) is 2.66. The molecule has 0 aliphatic rings. The number of hydrogen-bond acceptors (Lipinski definition) is 6. The molecule has 0 bridgehead atoms. The number of nitro benzene ring substituents is 1. The number of amides is 1. The molecule has 2 aromatic carbocycles. The molecule has 8 nitrogen and oxygen atoms in total. The number of thiocarbonyl (C=S) groups is 1. The van der Waals surface area contributed by atoms with Gasteiger partial charge in [0.05, 0.1) is 17.1 Å². The Bertz CT molecular complexity index is 925. The molecular weight excluding hydrogens is 382 g/mol. The maximum atomic E-state index is 11.9. The van der Waals surface area contributed by atoms with Gasteiger partial charge in [0.2, 0.25) is 5.91 Å². The zero-order chi connectivity index (χ0) is 20.5. The first-order valence-electron chi connectivity index (χ1n) is 8.20. The minimum Gasteiger partial charge on any atom is -0.462 e. The van der Waals surface area contributed by atoms with Crippen molar-refractivity contribution in [3.8, 4) is 0 Å². The summed E-state index contributed by atoms with van der Waals surface area (Å²) in [4.78, 5) is 33.8. The van der Waals surface area contributed by atoms with Gasteiger partial charge in [0.15, 0.2) is 5.11 Å². The third-order valence-electron chi connectivity index (χ3n) is 3.40. The van der Waals surface area contributed by atoms with Gasteiger partial charge in [-0.15, -0.1) is 0 Å². The number of hydrogen-bond donors (Lipinski definition) is 2. The van der Waals surface area contributed by atoms with Crippen LogP contribution < -0.4 is 10.6 Å². The molecule has 0 unspecified atom stereocenters. The Morgan fingerprint density at radius 1 is 1.21 bits per heavy atom. The van der Waals surface area contributed by atoms with Crippen molar-refractivity contribution in [2.45, 2.75) is 6.92 Å². The first-order valence-corrected chi connectivity index (χ1v) is 8.61. The van der Waals surface area contributed by atoms with Crippen LogP contribution in [0.5, 0.6) is 0 Å². The van der Waals surface area contributed by atoms with E-state index in [9.17, 15) is 19.7 Å². The molecule has 0 heterocycles. The van der Waals surface area contributed by atoms with Crippen molar-refractivity contribution in [2.75, 3.05) is 11.9 Å². The van der Waals surface area contributed by atoms with E-state index in [-0.39, 0.29) is 10.8 Å². The molecule has 1 amide bonds. The molecule has 2 aromatic rings. The number of carbonyl (C=O) groups excluding carboxylic acids is 2. The molecule has 28 heavy (non-hydrogen) atoms. The van der Waals surface area contributed by atoms with Gasteiger partial charge in [0.25, 0.3) is 5.69 Å². The summed E-state index contributed by atoms with van der Waals surface area (Å²) in [7, 11) is 0. The largest absolute Gasteiger partial charge is 0.462 e.